The Morgan fingerprint density at radius 3 is 2.65 bits per heavy atom. The van der Waals surface area contributed by atoms with E-state index < -0.39 is 9.84 Å². The molecule has 0 unspecified atom stereocenters. The summed E-state index contributed by atoms with van der Waals surface area (Å²) in [7, 11) is -1.95. The number of rotatable bonds is 8. The molecule has 0 aliphatic carbocycles. The van der Waals surface area contributed by atoms with Crippen LogP contribution in [0.2, 0.25) is 0 Å². The molecule has 2 rings (SSSR count). The summed E-state index contributed by atoms with van der Waals surface area (Å²) >= 11 is 0. The predicted molar refractivity (Wildman–Crippen MR) is 94.7 cm³/mol. The number of ether oxygens (including phenoxy) is 2. The maximum Gasteiger partial charge on any atom is 0.237 e. The van der Waals surface area contributed by atoms with E-state index in [1.54, 1.807) is 12.1 Å². The van der Waals surface area contributed by atoms with Gasteiger partial charge in [0.25, 0.3) is 0 Å². The quantitative estimate of drug-likeness (QED) is 0.694. The zero-order valence-electron chi connectivity index (χ0n) is 14.0. The molecule has 0 radical (unpaired) electrons. The summed E-state index contributed by atoms with van der Waals surface area (Å²) in [6, 6.07) is 8.04. The van der Waals surface area contributed by atoms with Crippen molar-refractivity contribution in [3.05, 3.63) is 36.0 Å². The molecule has 0 bridgehead atoms. The second kappa shape index (κ2) is 8.81. The molecule has 0 fully saturated rings. The van der Waals surface area contributed by atoms with Crippen molar-refractivity contribution in [1.29, 1.82) is 5.26 Å². The Bertz CT molecular complexity index is 944. The lowest BCUT2D eigenvalue weighted by atomic mass is 10.3. The van der Waals surface area contributed by atoms with E-state index in [1.165, 1.54) is 25.4 Å². The number of nitrogens with one attached hydrogen (secondary N) is 1. The van der Waals surface area contributed by atoms with E-state index in [0.717, 1.165) is 0 Å². The highest BCUT2D eigenvalue weighted by Crippen LogP contribution is 2.20. The van der Waals surface area contributed by atoms with E-state index in [-0.39, 0.29) is 41.3 Å². The normalized spacial score (nSPS) is 10.6. The molecule has 1 aromatic carbocycles. The van der Waals surface area contributed by atoms with E-state index in [9.17, 15) is 8.42 Å². The Morgan fingerprint density at radius 1 is 1.31 bits per heavy atom. The molecule has 0 saturated carbocycles. The van der Waals surface area contributed by atoms with Gasteiger partial charge in [-0.25, -0.2) is 13.4 Å². The third-order valence-electron chi connectivity index (χ3n) is 3.19. The van der Waals surface area contributed by atoms with Gasteiger partial charge in [0.2, 0.25) is 11.8 Å². The second-order valence-electron chi connectivity index (χ2n) is 4.98. The lowest BCUT2D eigenvalue weighted by molar-refractivity contribution is 0.217. The predicted octanol–water partition coefficient (Wildman–Crippen LogP) is 1.52. The highest BCUT2D eigenvalue weighted by Gasteiger charge is 2.14. The van der Waals surface area contributed by atoms with Gasteiger partial charge in [0.1, 0.15) is 11.6 Å². The number of nitrogens with zero attached hydrogens (tertiary/aromatic N) is 3. The molecule has 0 amide bonds. The molecule has 0 spiro atoms. The number of hydrogen-bond donors (Lipinski definition) is 1. The van der Waals surface area contributed by atoms with Crippen LogP contribution in [0.1, 0.15) is 5.56 Å². The molecule has 9 heteroatoms. The Morgan fingerprint density at radius 2 is 2.04 bits per heavy atom. The molecule has 0 saturated heterocycles. The van der Waals surface area contributed by atoms with Crippen molar-refractivity contribution in [2.24, 2.45) is 0 Å². The average Bonchev–Trinajstić information content (AvgIpc) is 2.65. The number of terminal acetylenes is 1. The second-order valence-corrected chi connectivity index (χ2v) is 7.09. The summed E-state index contributed by atoms with van der Waals surface area (Å²) in [6.45, 7) is 0.0982. The smallest absolute Gasteiger partial charge is 0.237 e. The maximum atomic E-state index is 12.1. The van der Waals surface area contributed by atoms with Gasteiger partial charge in [-0.15, -0.1) is 6.42 Å². The van der Waals surface area contributed by atoms with E-state index in [1.807, 2.05) is 6.07 Å². The fraction of sp³-hybridized carbons (Fsp3) is 0.235. The minimum Gasteiger partial charge on any atom is -0.463 e. The van der Waals surface area contributed by atoms with Crippen molar-refractivity contribution in [3.8, 4) is 24.3 Å². The molecular formula is C17H16N4O4S. The summed E-state index contributed by atoms with van der Waals surface area (Å²) in [5.74, 6) is 2.46. The average molecular weight is 372 g/mol. The van der Waals surface area contributed by atoms with Gasteiger partial charge in [-0.1, -0.05) is 5.92 Å². The lowest BCUT2D eigenvalue weighted by Gasteiger charge is -2.09. The number of nitriles is 1. The largest absolute Gasteiger partial charge is 0.463 e. The van der Waals surface area contributed by atoms with E-state index in [0.29, 0.717) is 5.69 Å². The van der Waals surface area contributed by atoms with Gasteiger partial charge in [-0.3, -0.25) is 0 Å². The third-order valence-corrected chi connectivity index (χ3v) is 4.89. The molecule has 0 atom stereocenters. The molecule has 8 nitrogen and oxygen atoms in total. The summed E-state index contributed by atoms with van der Waals surface area (Å²) < 4.78 is 34.2. The summed E-state index contributed by atoms with van der Waals surface area (Å²) in [6.07, 6.45) is 6.45. The molecule has 2 aromatic rings. The third kappa shape index (κ3) is 4.93. The highest BCUT2D eigenvalue weighted by atomic mass is 32.2. The van der Waals surface area contributed by atoms with Gasteiger partial charge < -0.3 is 14.8 Å². The fourth-order valence-corrected chi connectivity index (χ4v) is 3.08. The molecule has 1 aromatic heterocycles. The van der Waals surface area contributed by atoms with Gasteiger partial charge in [-0.05, 0) is 24.3 Å². The van der Waals surface area contributed by atoms with Gasteiger partial charge in [0.05, 0.1) is 23.5 Å². The number of anilines is 2. The van der Waals surface area contributed by atoms with Crippen LogP contribution in [0.15, 0.2) is 35.4 Å². The first-order chi connectivity index (χ1) is 12.5. The van der Waals surface area contributed by atoms with Crippen molar-refractivity contribution in [3.63, 3.8) is 0 Å². The van der Waals surface area contributed by atoms with E-state index in [4.69, 9.17) is 21.2 Å². The molecule has 0 aliphatic rings. The number of benzene rings is 1. The van der Waals surface area contributed by atoms with Gasteiger partial charge in [0, 0.05) is 12.8 Å². The molecular weight excluding hydrogens is 356 g/mol. The highest BCUT2D eigenvalue weighted by molar-refractivity contribution is 7.91. The monoisotopic (exact) mass is 372 g/mol. The summed E-state index contributed by atoms with van der Waals surface area (Å²) in [5, 5.41) is 11.9. The van der Waals surface area contributed by atoms with E-state index >= 15 is 0 Å². The minimum absolute atomic E-state index is 0.0286. The van der Waals surface area contributed by atoms with Gasteiger partial charge in [-0.2, -0.15) is 10.2 Å². The summed E-state index contributed by atoms with van der Waals surface area (Å²) in [5.41, 5.74) is 0.730. The van der Waals surface area contributed by atoms with Crippen molar-refractivity contribution in [2.75, 3.05) is 31.4 Å². The van der Waals surface area contributed by atoms with E-state index in [2.05, 4.69) is 21.2 Å². The number of aromatic nitrogens is 2. The maximum absolute atomic E-state index is 12.1. The first-order valence-corrected chi connectivity index (χ1v) is 9.07. The van der Waals surface area contributed by atoms with Crippen LogP contribution in [0.25, 0.3) is 0 Å². The van der Waals surface area contributed by atoms with Crippen LogP contribution in [0.4, 0.5) is 11.6 Å². The molecule has 1 N–H and O–H groups in total. The van der Waals surface area contributed by atoms with Crippen LogP contribution < -0.4 is 10.1 Å². The van der Waals surface area contributed by atoms with Crippen LogP contribution >= 0.6 is 0 Å². The van der Waals surface area contributed by atoms with Crippen molar-refractivity contribution >= 4 is 21.5 Å². The SMILES string of the molecule is C#CCOc1nc(Nc2ccc(S(=O)(=O)CCOC)cc2)ncc1C#N. The van der Waals surface area contributed by atoms with Crippen LogP contribution in [-0.4, -0.2) is 44.5 Å². The molecule has 0 aliphatic heterocycles. The number of hydrogen-bond acceptors (Lipinski definition) is 8. The number of methoxy groups -OCH3 is 1. The topological polar surface area (TPSA) is 114 Å². The van der Waals surface area contributed by atoms with Crippen LogP contribution in [-0.2, 0) is 14.6 Å². The van der Waals surface area contributed by atoms with Crippen molar-refractivity contribution < 1.29 is 17.9 Å². The van der Waals surface area contributed by atoms with Crippen LogP contribution in [0.3, 0.4) is 0 Å². The van der Waals surface area contributed by atoms with Crippen molar-refractivity contribution in [1.82, 2.24) is 9.97 Å². The zero-order valence-corrected chi connectivity index (χ0v) is 14.8. The Labute approximate surface area is 151 Å². The Kier molecular flexibility index (Phi) is 6.50. The van der Waals surface area contributed by atoms with Crippen LogP contribution in [0.5, 0.6) is 5.88 Å². The lowest BCUT2D eigenvalue weighted by Crippen LogP contribution is -2.11. The van der Waals surface area contributed by atoms with Gasteiger partial charge in [0.15, 0.2) is 16.4 Å². The van der Waals surface area contributed by atoms with Gasteiger partial charge >= 0.3 is 0 Å². The molecule has 26 heavy (non-hydrogen) atoms. The Hall–Kier alpha value is -3.14. The Balaban J connectivity index is 2.17. The summed E-state index contributed by atoms with van der Waals surface area (Å²) in [4.78, 5) is 8.30. The first-order valence-electron chi connectivity index (χ1n) is 7.42. The molecule has 134 valence electrons. The van der Waals surface area contributed by atoms with Crippen molar-refractivity contribution in [2.45, 2.75) is 4.90 Å². The standard InChI is InChI=1S/C17H16N4O4S/c1-3-8-25-16-13(11-18)12-19-17(21-16)20-14-4-6-15(7-5-14)26(22,23)10-9-24-2/h1,4-7,12H,8-10H2,2H3,(H,19,20,21). The minimum atomic E-state index is -3.40. The fourth-order valence-electron chi connectivity index (χ4n) is 1.91. The first kappa shape index (κ1) is 19.2. The zero-order chi connectivity index (χ0) is 19.0. The number of sulfone groups is 1. The van der Waals surface area contributed by atoms with Crippen LogP contribution in [0, 0.1) is 23.7 Å². The molecule has 1 heterocycles.